The number of phenols is 1. The van der Waals surface area contributed by atoms with E-state index in [1.807, 2.05) is 6.07 Å². The van der Waals surface area contributed by atoms with Crippen LogP contribution in [0.2, 0.25) is 0 Å². The normalized spacial score (nSPS) is 13.0. The molecule has 0 saturated heterocycles. The van der Waals surface area contributed by atoms with E-state index in [1.165, 1.54) is 110 Å². The van der Waals surface area contributed by atoms with Gasteiger partial charge in [-0.2, -0.15) is 0 Å². The van der Waals surface area contributed by atoms with Crippen molar-refractivity contribution >= 4 is 43.1 Å². The van der Waals surface area contributed by atoms with Crippen LogP contribution in [0, 0.1) is 0 Å². The second-order valence-electron chi connectivity index (χ2n) is 15.7. The summed E-state index contributed by atoms with van der Waals surface area (Å²) >= 11 is 0. The first-order valence-electron chi connectivity index (χ1n) is 19.5. The second-order valence-corrected chi connectivity index (χ2v) is 15.7. The lowest BCUT2D eigenvalue weighted by Gasteiger charge is -2.24. The number of benzene rings is 10. The Balaban J connectivity index is 1.19. The van der Waals surface area contributed by atoms with Crippen LogP contribution in [0.1, 0.15) is 25.0 Å². The topological polar surface area (TPSA) is 20.2 Å². The molecule has 0 radical (unpaired) electrons. The fraction of sp³-hybridized carbons (Fsp3) is 0.0545. The van der Waals surface area contributed by atoms with Gasteiger partial charge in [0.2, 0.25) is 0 Å². The van der Waals surface area contributed by atoms with Crippen molar-refractivity contribution in [2.75, 3.05) is 0 Å². The molecule has 1 heteroatoms. The van der Waals surface area contributed by atoms with Crippen LogP contribution in [0.15, 0.2) is 188 Å². The molecule has 0 fully saturated rings. The third-order valence-electron chi connectivity index (χ3n) is 12.3. The molecule has 0 aromatic heterocycles. The van der Waals surface area contributed by atoms with Crippen LogP contribution >= 0.6 is 0 Å². The van der Waals surface area contributed by atoms with E-state index in [2.05, 4.69) is 190 Å². The summed E-state index contributed by atoms with van der Waals surface area (Å²) in [7, 11) is 0. The summed E-state index contributed by atoms with van der Waals surface area (Å²) in [6.07, 6.45) is 0. The fourth-order valence-corrected chi connectivity index (χ4v) is 9.76. The Morgan fingerprint density at radius 2 is 0.643 bits per heavy atom. The van der Waals surface area contributed by atoms with Crippen molar-refractivity contribution in [1.29, 1.82) is 0 Å². The molecule has 0 unspecified atom stereocenters. The number of hydrogen-bond acceptors (Lipinski definition) is 1. The largest absolute Gasteiger partial charge is 0.508 e. The lowest BCUT2D eigenvalue weighted by molar-refractivity contribution is 0.473. The van der Waals surface area contributed by atoms with Crippen molar-refractivity contribution in [2.45, 2.75) is 19.3 Å². The van der Waals surface area contributed by atoms with E-state index in [0.717, 1.165) is 0 Å². The number of rotatable bonds is 4. The van der Waals surface area contributed by atoms with Gasteiger partial charge in [-0.25, -0.2) is 0 Å². The molecule has 1 nitrogen and oxygen atoms in total. The summed E-state index contributed by atoms with van der Waals surface area (Å²) < 4.78 is 0. The standard InChI is InChI=1S/C55H38O/c1-55(2)49-32-37(28-30-39(49)40-31-29-38(56)33-50(40)55)52-43-18-8-12-22-47(43)54(48-23-13-9-19-44(48)52)53-45-20-10-6-16-41(45)51(42-17-7-11-21-46(42)53)36-26-24-35(25-27-36)34-14-4-3-5-15-34/h3-33,56H,1-2H3. The maximum absolute atomic E-state index is 10.5. The summed E-state index contributed by atoms with van der Waals surface area (Å²) in [6, 6.07) is 68.4. The molecule has 10 aromatic carbocycles. The SMILES string of the molecule is CC1(C)c2cc(O)ccc2-c2ccc(-c3c4ccccc4c(-c4c5ccccc5c(-c5ccc(-c6ccccc6)cc5)c5ccccc45)c4ccccc34)cc21. The first-order valence-corrected chi connectivity index (χ1v) is 19.5. The van der Waals surface area contributed by atoms with Gasteiger partial charge < -0.3 is 5.11 Å². The first-order chi connectivity index (χ1) is 27.5. The summed E-state index contributed by atoms with van der Waals surface area (Å²) in [5.41, 5.74) is 14.6. The quantitative estimate of drug-likeness (QED) is 0.180. The molecule has 0 amide bonds. The average Bonchev–Trinajstić information content (AvgIpc) is 3.47. The highest BCUT2D eigenvalue weighted by molar-refractivity contribution is 6.30. The fourth-order valence-electron chi connectivity index (χ4n) is 9.76. The molecule has 1 aliphatic carbocycles. The summed E-state index contributed by atoms with van der Waals surface area (Å²) in [5, 5.41) is 20.4. The van der Waals surface area contributed by atoms with Gasteiger partial charge in [-0.05, 0) is 128 Å². The van der Waals surface area contributed by atoms with E-state index in [-0.39, 0.29) is 5.41 Å². The van der Waals surface area contributed by atoms with Crippen molar-refractivity contribution in [3.8, 4) is 61.4 Å². The Morgan fingerprint density at radius 1 is 0.304 bits per heavy atom. The molecule has 264 valence electrons. The van der Waals surface area contributed by atoms with Crippen LogP contribution < -0.4 is 0 Å². The van der Waals surface area contributed by atoms with Gasteiger partial charge in [0.15, 0.2) is 0 Å². The predicted molar refractivity (Wildman–Crippen MR) is 237 cm³/mol. The summed E-state index contributed by atoms with van der Waals surface area (Å²) in [6.45, 7) is 4.55. The van der Waals surface area contributed by atoms with Gasteiger partial charge in [0, 0.05) is 5.41 Å². The Kier molecular flexibility index (Phi) is 7.12. The lowest BCUT2D eigenvalue weighted by Crippen LogP contribution is -2.15. The molecule has 56 heavy (non-hydrogen) atoms. The average molecular weight is 715 g/mol. The molecule has 0 bridgehead atoms. The van der Waals surface area contributed by atoms with Gasteiger partial charge in [-0.1, -0.05) is 184 Å². The maximum atomic E-state index is 10.5. The maximum Gasteiger partial charge on any atom is 0.115 e. The van der Waals surface area contributed by atoms with Crippen LogP contribution in [0.25, 0.3) is 98.7 Å². The molecule has 0 aliphatic heterocycles. The van der Waals surface area contributed by atoms with E-state index < -0.39 is 0 Å². The highest BCUT2D eigenvalue weighted by Crippen LogP contribution is 2.53. The van der Waals surface area contributed by atoms with Gasteiger partial charge in [0.1, 0.15) is 5.75 Å². The van der Waals surface area contributed by atoms with E-state index in [0.29, 0.717) is 5.75 Å². The molecule has 0 heterocycles. The van der Waals surface area contributed by atoms with Gasteiger partial charge in [-0.3, -0.25) is 0 Å². The van der Waals surface area contributed by atoms with Crippen molar-refractivity contribution in [3.05, 3.63) is 199 Å². The number of phenolic OH excluding ortho intramolecular Hbond substituents is 1. The van der Waals surface area contributed by atoms with Gasteiger partial charge in [0.25, 0.3) is 0 Å². The number of hydrogen-bond donors (Lipinski definition) is 1. The van der Waals surface area contributed by atoms with Gasteiger partial charge >= 0.3 is 0 Å². The lowest BCUT2D eigenvalue weighted by atomic mass is 9.79. The minimum Gasteiger partial charge on any atom is -0.508 e. The number of aromatic hydroxyl groups is 1. The smallest absolute Gasteiger partial charge is 0.115 e. The van der Waals surface area contributed by atoms with Crippen molar-refractivity contribution in [3.63, 3.8) is 0 Å². The summed E-state index contributed by atoms with van der Waals surface area (Å²) in [4.78, 5) is 0. The van der Waals surface area contributed by atoms with Crippen molar-refractivity contribution in [2.24, 2.45) is 0 Å². The third kappa shape index (κ3) is 4.74. The first kappa shape index (κ1) is 32.5. The summed E-state index contributed by atoms with van der Waals surface area (Å²) in [5.74, 6) is 0.312. The van der Waals surface area contributed by atoms with Crippen LogP contribution in [0.3, 0.4) is 0 Å². The van der Waals surface area contributed by atoms with Gasteiger partial charge in [-0.15, -0.1) is 0 Å². The van der Waals surface area contributed by atoms with Crippen LogP contribution in [0.4, 0.5) is 0 Å². The minimum absolute atomic E-state index is 0.244. The van der Waals surface area contributed by atoms with Crippen LogP contribution in [0.5, 0.6) is 5.75 Å². The van der Waals surface area contributed by atoms with E-state index in [9.17, 15) is 5.11 Å². The highest BCUT2D eigenvalue weighted by atomic mass is 16.3. The highest BCUT2D eigenvalue weighted by Gasteiger charge is 2.36. The zero-order valence-corrected chi connectivity index (χ0v) is 31.3. The molecule has 1 aliphatic rings. The predicted octanol–water partition coefficient (Wildman–Crippen LogP) is 15.0. The zero-order chi connectivity index (χ0) is 37.5. The van der Waals surface area contributed by atoms with E-state index in [1.54, 1.807) is 6.07 Å². The second kappa shape index (κ2) is 12.3. The molecule has 0 atom stereocenters. The molecular formula is C55H38O. The minimum atomic E-state index is -0.244. The molecule has 10 aromatic rings. The molecular weight excluding hydrogens is 677 g/mol. The Bertz CT molecular complexity index is 3090. The van der Waals surface area contributed by atoms with Gasteiger partial charge in [0.05, 0.1) is 0 Å². The Hall–Kier alpha value is -6.96. The molecule has 1 N–H and O–H groups in total. The Labute approximate surface area is 326 Å². The van der Waals surface area contributed by atoms with Crippen LogP contribution in [-0.2, 0) is 5.41 Å². The third-order valence-corrected chi connectivity index (χ3v) is 12.3. The molecule has 0 spiro atoms. The van der Waals surface area contributed by atoms with Crippen molar-refractivity contribution < 1.29 is 5.11 Å². The number of fused-ring (bicyclic) bond motifs is 7. The van der Waals surface area contributed by atoms with Crippen molar-refractivity contribution in [1.82, 2.24) is 0 Å². The molecule has 0 saturated carbocycles. The van der Waals surface area contributed by atoms with E-state index in [4.69, 9.17) is 0 Å². The molecule has 11 rings (SSSR count). The van der Waals surface area contributed by atoms with E-state index >= 15 is 0 Å². The zero-order valence-electron chi connectivity index (χ0n) is 31.3. The van der Waals surface area contributed by atoms with Crippen LogP contribution in [-0.4, -0.2) is 5.11 Å². The monoisotopic (exact) mass is 714 g/mol. The Morgan fingerprint density at radius 3 is 1.12 bits per heavy atom.